The summed E-state index contributed by atoms with van der Waals surface area (Å²) < 4.78 is 5.84. The highest BCUT2D eigenvalue weighted by atomic mass is 35.5. The van der Waals surface area contributed by atoms with Gasteiger partial charge in [-0.05, 0) is 55.5 Å². The maximum atomic E-state index is 9.86. The summed E-state index contributed by atoms with van der Waals surface area (Å²) in [4.78, 5) is 8.96. The first-order valence-electron chi connectivity index (χ1n) is 8.09. The van der Waals surface area contributed by atoms with Gasteiger partial charge in [0, 0.05) is 22.4 Å². The van der Waals surface area contributed by atoms with Crippen LogP contribution >= 0.6 is 11.6 Å². The molecule has 0 saturated carbocycles. The van der Waals surface area contributed by atoms with Gasteiger partial charge in [0.2, 0.25) is 5.89 Å². The number of oxazole rings is 1. The fourth-order valence-corrected chi connectivity index (χ4v) is 2.85. The predicted molar refractivity (Wildman–Crippen MR) is 105 cm³/mol. The third kappa shape index (κ3) is 3.32. The lowest BCUT2D eigenvalue weighted by Crippen LogP contribution is -1.82. The van der Waals surface area contributed by atoms with Crippen molar-refractivity contribution in [1.29, 1.82) is 0 Å². The number of aromatic nitrogens is 1. The van der Waals surface area contributed by atoms with Gasteiger partial charge in [-0.15, -0.1) is 0 Å². The van der Waals surface area contributed by atoms with E-state index in [1.807, 2.05) is 49.4 Å². The van der Waals surface area contributed by atoms with Crippen molar-refractivity contribution in [3.63, 3.8) is 0 Å². The van der Waals surface area contributed by atoms with Crippen LogP contribution in [0.4, 0.5) is 5.69 Å². The molecule has 26 heavy (non-hydrogen) atoms. The summed E-state index contributed by atoms with van der Waals surface area (Å²) in [7, 11) is 0. The molecule has 0 aliphatic rings. The van der Waals surface area contributed by atoms with E-state index < -0.39 is 0 Å². The second-order valence-electron chi connectivity index (χ2n) is 6.00. The molecule has 5 heteroatoms. The van der Waals surface area contributed by atoms with Crippen LogP contribution in [0.3, 0.4) is 0 Å². The van der Waals surface area contributed by atoms with Gasteiger partial charge < -0.3 is 9.52 Å². The van der Waals surface area contributed by atoms with E-state index in [9.17, 15) is 5.11 Å². The normalized spacial score (nSPS) is 11.5. The van der Waals surface area contributed by atoms with Gasteiger partial charge in [-0.2, -0.15) is 0 Å². The number of fused-ring (bicyclic) bond motifs is 1. The summed E-state index contributed by atoms with van der Waals surface area (Å²) >= 11 is 5.95. The highest BCUT2D eigenvalue weighted by molar-refractivity contribution is 6.30. The number of hydrogen-bond acceptors (Lipinski definition) is 4. The Morgan fingerprint density at radius 2 is 1.96 bits per heavy atom. The number of aliphatic imine (C=N–C) groups is 1. The van der Waals surface area contributed by atoms with E-state index >= 15 is 0 Å². The monoisotopic (exact) mass is 362 g/mol. The van der Waals surface area contributed by atoms with E-state index in [0.29, 0.717) is 27.7 Å². The van der Waals surface area contributed by atoms with E-state index in [0.717, 1.165) is 16.6 Å². The van der Waals surface area contributed by atoms with Crippen molar-refractivity contribution in [3.05, 3.63) is 76.8 Å². The number of halogens is 1. The quantitative estimate of drug-likeness (QED) is 0.460. The minimum Gasteiger partial charge on any atom is -0.507 e. The van der Waals surface area contributed by atoms with Crippen molar-refractivity contribution in [2.75, 3.05) is 0 Å². The Morgan fingerprint density at radius 3 is 2.81 bits per heavy atom. The molecule has 4 rings (SSSR count). The smallest absolute Gasteiger partial charge is 0.227 e. The van der Waals surface area contributed by atoms with Crippen LogP contribution in [-0.2, 0) is 0 Å². The SMILES string of the molecule is Cc1cccc(-c2nc3cc(N=Cc4cc(Cl)ccc4O)ccc3o2)c1. The topological polar surface area (TPSA) is 58.6 Å². The molecule has 0 amide bonds. The third-order valence-corrected chi connectivity index (χ3v) is 4.21. The van der Waals surface area contributed by atoms with Gasteiger partial charge in [-0.3, -0.25) is 4.99 Å². The lowest BCUT2D eigenvalue weighted by Gasteiger charge is -1.99. The van der Waals surface area contributed by atoms with Crippen LogP contribution in [0.1, 0.15) is 11.1 Å². The average Bonchev–Trinajstić information content (AvgIpc) is 3.06. The summed E-state index contributed by atoms with van der Waals surface area (Å²) in [5, 5.41) is 10.4. The fraction of sp³-hybridized carbons (Fsp3) is 0.0476. The van der Waals surface area contributed by atoms with Gasteiger partial charge in [0.15, 0.2) is 5.58 Å². The zero-order valence-electron chi connectivity index (χ0n) is 14.0. The van der Waals surface area contributed by atoms with E-state index in [2.05, 4.69) is 9.98 Å². The zero-order chi connectivity index (χ0) is 18.1. The van der Waals surface area contributed by atoms with Gasteiger partial charge in [-0.1, -0.05) is 29.3 Å². The molecule has 4 aromatic rings. The molecule has 4 nitrogen and oxygen atoms in total. The van der Waals surface area contributed by atoms with Gasteiger partial charge in [0.1, 0.15) is 11.3 Å². The number of aryl methyl sites for hydroxylation is 1. The molecule has 3 aromatic carbocycles. The Morgan fingerprint density at radius 1 is 1.08 bits per heavy atom. The largest absolute Gasteiger partial charge is 0.507 e. The van der Waals surface area contributed by atoms with Crippen LogP contribution in [0.2, 0.25) is 5.02 Å². The lowest BCUT2D eigenvalue weighted by molar-refractivity contribution is 0.474. The van der Waals surface area contributed by atoms with Crippen molar-refractivity contribution in [2.45, 2.75) is 6.92 Å². The summed E-state index contributed by atoms with van der Waals surface area (Å²) in [5.74, 6) is 0.708. The number of hydrogen-bond donors (Lipinski definition) is 1. The molecule has 0 aliphatic heterocycles. The number of aromatic hydroxyl groups is 1. The van der Waals surface area contributed by atoms with Crippen LogP contribution in [0.15, 0.2) is 70.1 Å². The molecular formula is C21H15ClN2O2. The first-order chi connectivity index (χ1) is 12.6. The molecule has 0 aliphatic carbocycles. The summed E-state index contributed by atoms with van der Waals surface area (Å²) in [6.07, 6.45) is 1.57. The molecule has 0 fully saturated rings. The second-order valence-corrected chi connectivity index (χ2v) is 6.44. The van der Waals surface area contributed by atoms with E-state index in [1.54, 1.807) is 24.4 Å². The van der Waals surface area contributed by atoms with Crippen molar-refractivity contribution in [2.24, 2.45) is 4.99 Å². The Bertz CT molecular complexity index is 1130. The van der Waals surface area contributed by atoms with Crippen molar-refractivity contribution in [3.8, 4) is 17.2 Å². The lowest BCUT2D eigenvalue weighted by atomic mass is 10.1. The Balaban J connectivity index is 1.67. The Hall–Kier alpha value is -3.11. The standard InChI is InChI=1S/C21H15ClN2O2/c1-13-3-2-4-14(9-13)21-24-18-11-17(6-8-20(18)26-21)23-12-15-10-16(22)5-7-19(15)25/h2-12,25H,1H3. The maximum Gasteiger partial charge on any atom is 0.227 e. The number of nitrogens with zero attached hydrogens (tertiary/aromatic N) is 2. The molecule has 0 radical (unpaired) electrons. The number of phenols is 1. The predicted octanol–water partition coefficient (Wildman–Crippen LogP) is 5.91. The molecule has 1 heterocycles. The molecule has 0 saturated heterocycles. The van der Waals surface area contributed by atoms with Crippen molar-refractivity contribution >= 4 is 34.6 Å². The molecule has 0 atom stereocenters. The number of benzene rings is 3. The third-order valence-electron chi connectivity index (χ3n) is 3.98. The van der Waals surface area contributed by atoms with Gasteiger partial charge in [0.25, 0.3) is 0 Å². The second kappa shape index (κ2) is 6.65. The first-order valence-corrected chi connectivity index (χ1v) is 8.46. The highest BCUT2D eigenvalue weighted by Crippen LogP contribution is 2.28. The zero-order valence-corrected chi connectivity index (χ0v) is 14.7. The van der Waals surface area contributed by atoms with Crippen LogP contribution in [0, 0.1) is 6.92 Å². The van der Waals surface area contributed by atoms with Crippen molar-refractivity contribution in [1.82, 2.24) is 4.98 Å². The highest BCUT2D eigenvalue weighted by Gasteiger charge is 2.09. The number of rotatable bonds is 3. The molecule has 0 unspecified atom stereocenters. The number of phenolic OH excluding ortho intramolecular Hbond substituents is 1. The van der Waals surface area contributed by atoms with Crippen LogP contribution < -0.4 is 0 Å². The average molecular weight is 363 g/mol. The van der Waals surface area contributed by atoms with E-state index in [-0.39, 0.29) is 5.75 Å². The van der Waals surface area contributed by atoms with Gasteiger partial charge >= 0.3 is 0 Å². The Labute approximate surface area is 155 Å². The van der Waals surface area contributed by atoms with E-state index in [1.165, 1.54) is 0 Å². The minimum atomic E-state index is 0.127. The van der Waals surface area contributed by atoms with Crippen molar-refractivity contribution < 1.29 is 9.52 Å². The van der Waals surface area contributed by atoms with E-state index in [4.69, 9.17) is 16.0 Å². The molecule has 0 spiro atoms. The Kier molecular flexibility index (Phi) is 4.19. The van der Waals surface area contributed by atoms with Gasteiger partial charge in [-0.25, -0.2) is 4.98 Å². The summed E-state index contributed by atoms with van der Waals surface area (Å²) in [6, 6.07) is 18.4. The molecule has 128 valence electrons. The molecule has 0 bridgehead atoms. The summed E-state index contributed by atoms with van der Waals surface area (Å²) in [6.45, 7) is 2.03. The molecule has 1 N–H and O–H groups in total. The first kappa shape index (κ1) is 16.4. The van der Waals surface area contributed by atoms with Gasteiger partial charge in [0.05, 0.1) is 5.69 Å². The fourth-order valence-electron chi connectivity index (χ4n) is 2.67. The molecular weight excluding hydrogens is 348 g/mol. The minimum absolute atomic E-state index is 0.127. The van der Waals surface area contributed by atoms with Crippen LogP contribution in [0.5, 0.6) is 5.75 Å². The van der Waals surface area contributed by atoms with Crippen LogP contribution in [-0.4, -0.2) is 16.3 Å². The summed E-state index contributed by atoms with van der Waals surface area (Å²) in [5.41, 5.74) is 4.78. The maximum absolute atomic E-state index is 9.86. The molecule has 1 aromatic heterocycles. The van der Waals surface area contributed by atoms with Crippen LogP contribution in [0.25, 0.3) is 22.6 Å².